The van der Waals surface area contributed by atoms with Crippen LogP contribution in [0.4, 0.5) is 0 Å². The molecule has 0 spiro atoms. The Morgan fingerprint density at radius 1 is 1.75 bits per heavy atom. The Hall–Kier alpha value is -0.630. The first-order chi connectivity index (χ1) is 3.63. The summed E-state index contributed by atoms with van der Waals surface area (Å²) in [6.45, 7) is 3.04. The summed E-state index contributed by atoms with van der Waals surface area (Å²) in [6.07, 6.45) is 2.28. The summed E-state index contributed by atoms with van der Waals surface area (Å²) in [5.74, 6) is -0.0362. The number of hydrogen-bond donors (Lipinski definition) is 1. The number of carbonyl (C=O) groups is 1. The van der Waals surface area contributed by atoms with E-state index in [4.69, 9.17) is 5.11 Å². The molecule has 0 aromatic heterocycles. The van der Waals surface area contributed by atoms with E-state index in [0.29, 0.717) is 0 Å². The van der Waals surface area contributed by atoms with E-state index >= 15 is 0 Å². The molecule has 0 saturated heterocycles. The van der Waals surface area contributed by atoms with Gasteiger partial charge in [-0.3, -0.25) is 4.79 Å². The van der Waals surface area contributed by atoms with Gasteiger partial charge in [-0.1, -0.05) is 6.08 Å². The van der Waals surface area contributed by atoms with Crippen molar-refractivity contribution in [2.24, 2.45) is 0 Å². The molecule has 0 fully saturated rings. The third-order valence-electron chi connectivity index (χ3n) is 0.609. The lowest BCUT2D eigenvalue weighted by atomic mass is 10.3. The molecule has 8 heavy (non-hydrogen) atoms. The minimum absolute atomic E-state index is 0.0362. The molecule has 0 bridgehead atoms. The van der Waals surface area contributed by atoms with E-state index in [1.807, 2.05) is 0 Å². The van der Waals surface area contributed by atoms with Crippen molar-refractivity contribution in [2.45, 2.75) is 20.0 Å². The fraction of sp³-hybridized carbons (Fsp3) is 0.500. The van der Waals surface area contributed by atoms with Gasteiger partial charge in [0.15, 0.2) is 5.78 Å². The minimum Gasteiger partial charge on any atom is -0.389 e. The molecule has 0 unspecified atom stereocenters. The third-order valence-corrected chi connectivity index (χ3v) is 0.609. The molecule has 0 aliphatic heterocycles. The van der Waals surface area contributed by atoms with Crippen molar-refractivity contribution in [1.82, 2.24) is 0 Å². The van der Waals surface area contributed by atoms with E-state index in [1.165, 1.54) is 19.1 Å². The van der Waals surface area contributed by atoms with Crippen molar-refractivity contribution in [2.75, 3.05) is 0 Å². The van der Waals surface area contributed by atoms with E-state index in [9.17, 15) is 4.79 Å². The number of allylic oxidation sites excluding steroid dienone is 1. The highest BCUT2D eigenvalue weighted by atomic mass is 16.3. The zero-order valence-electron chi connectivity index (χ0n) is 5.09. The van der Waals surface area contributed by atoms with Gasteiger partial charge >= 0.3 is 0 Å². The average molecular weight is 114 g/mol. The number of hydrogen-bond acceptors (Lipinski definition) is 2. The molecule has 0 saturated carbocycles. The largest absolute Gasteiger partial charge is 0.389 e. The topological polar surface area (TPSA) is 37.3 Å². The molecule has 2 heteroatoms. The first kappa shape index (κ1) is 7.37. The van der Waals surface area contributed by atoms with Crippen LogP contribution in [0, 0.1) is 0 Å². The Balaban J connectivity index is 3.50. The summed E-state index contributed by atoms with van der Waals surface area (Å²) in [6, 6.07) is 0. The van der Waals surface area contributed by atoms with Crippen LogP contribution in [0.15, 0.2) is 12.2 Å². The van der Waals surface area contributed by atoms with Gasteiger partial charge in [-0.05, 0) is 19.9 Å². The highest BCUT2D eigenvalue weighted by Crippen LogP contribution is 1.81. The Morgan fingerprint density at radius 3 is 2.38 bits per heavy atom. The van der Waals surface area contributed by atoms with Crippen LogP contribution in [-0.2, 0) is 4.79 Å². The summed E-state index contributed by atoms with van der Waals surface area (Å²) in [4.78, 5) is 10.2. The van der Waals surface area contributed by atoms with Gasteiger partial charge < -0.3 is 5.11 Å². The third kappa shape index (κ3) is 5.37. The lowest BCUT2D eigenvalue weighted by Gasteiger charge is -1.88. The molecule has 0 aromatic carbocycles. The second-order valence-corrected chi connectivity index (χ2v) is 1.71. The summed E-state index contributed by atoms with van der Waals surface area (Å²) in [5, 5.41) is 8.56. The van der Waals surface area contributed by atoms with Crippen LogP contribution in [0.3, 0.4) is 0 Å². The Labute approximate surface area is 48.8 Å². The van der Waals surface area contributed by atoms with Crippen molar-refractivity contribution in [3.63, 3.8) is 0 Å². The van der Waals surface area contributed by atoms with E-state index in [1.54, 1.807) is 6.92 Å². The summed E-state index contributed by atoms with van der Waals surface area (Å²) < 4.78 is 0. The molecule has 0 radical (unpaired) electrons. The molecule has 0 aromatic rings. The molecule has 1 N–H and O–H groups in total. The Kier molecular flexibility index (Phi) is 3.12. The number of aliphatic hydroxyl groups is 1. The van der Waals surface area contributed by atoms with Gasteiger partial charge in [0.05, 0.1) is 6.10 Å². The first-order valence-corrected chi connectivity index (χ1v) is 2.50. The van der Waals surface area contributed by atoms with Crippen LogP contribution in [0.2, 0.25) is 0 Å². The number of carbonyl (C=O) groups excluding carboxylic acids is 1. The smallest absolute Gasteiger partial charge is 0.152 e. The average Bonchev–Trinajstić information content (AvgIpc) is 1.61. The highest BCUT2D eigenvalue weighted by molar-refractivity contribution is 5.87. The normalized spacial score (nSPS) is 14.4. The summed E-state index contributed by atoms with van der Waals surface area (Å²) >= 11 is 0. The standard InChI is InChI=1S/C6H10O2/c1-5(7)3-4-6(2)8/h3-5,7H,1-2H3/b4-3+/t5-/m1/s1. The van der Waals surface area contributed by atoms with Crippen LogP contribution >= 0.6 is 0 Å². The summed E-state index contributed by atoms with van der Waals surface area (Å²) in [5.41, 5.74) is 0. The van der Waals surface area contributed by atoms with Crippen LogP contribution in [0.5, 0.6) is 0 Å². The maximum Gasteiger partial charge on any atom is 0.152 e. The fourth-order valence-corrected chi connectivity index (χ4v) is 0.275. The predicted molar refractivity (Wildman–Crippen MR) is 31.5 cm³/mol. The van der Waals surface area contributed by atoms with Gasteiger partial charge in [-0.2, -0.15) is 0 Å². The predicted octanol–water partition coefficient (Wildman–Crippen LogP) is 0.512. The van der Waals surface area contributed by atoms with Gasteiger partial charge in [-0.15, -0.1) is 0 Å². The summed E-state index contributed by atoms with van der Waals surface area (Å²) in [7, 11) is 0. The quantitative estimate of drug-likeness (QED) is 0.531. The van der Waals surface area contributed by atoms with Crippen LogP contribution < -0.4 is 0 Å². The van der Waals surface area contributed by atoms with Crippen molar-refractivity contribution in [1.29, 1.82) is 0 Å². The van der Waals surface area contributed by atoms with Gasteiger partial charge in [-0.25, -0.2) is 0 Å². The van der Waals surface area contributed by atoms with Gasteiger partial charge in [0.1, 0.15) is 0 Å². The molecular weight excluding hydrogens is 104 g/mol. The monoisotopic (exact) mass is 114 g/mol. The van der Waals surface area contributed by atoms with Crippen molar-refractivity contribution in [3.8, 4) is 0 Å². The first-order valence-electron chi connectivity index (χ1n) is 2.50. The molecule has 2 nitrogen and oxygen atoms in total. The van der Waals surface area contributed by atoms with Crippen LogP contribution in [0.1, 0.15) is 13.8 Å². The van der Waals surface area contributed by atoms with E-state index in [0.717, 1.165) is 0 Å². The zero-order valence-corrected chi connectivity index (χ0v) is 5.09. The number of aliphatic hydroxyl groups excluding tert-OH is 1. The van der Waals surface area contributed by atoms with Gasteiger partial charge in [0.2, 0.25) is 0 Å². The van der Waals surface area contributed by atoms with Crippen molar-refractivity contribution < 1.29 is 9.90 Å². The maximum absolute atomic E-state index is 10.2. The molecule has 0 amide bonds. The molecule has 0 aliphatic carbocycles. The second-order valence-electron chi connectivity index (χ2n) is 1.71. The maximum atomic E-state index is 10.2. The Bertz CT molecular complexity index is 103. The van der Waals surface area contributed by atoms with E-state index < -0.39 is 6.10 Å². The lowest BCUT2D eigenvalue weighted by molar-refractivity contribution is -0.112. The fourth-order valence-electron chi connectivity index (χ4n) is 0.275. The van der Waals surface area contributed by atoms with Gasteiger partial charge in [0, 0.05) is 0 Å². The van der Waals surface area contributed by atoms with Gasteiger partial charge in [0.25, 0.3) is 0 Å². The SMILES string of the molecule is CC(=O)/C=C/[C@@H](C)O. The minimum atomic E-state index is -0.515. The molecular formula is C6H10O2. The van der Waals surface area contributed by atoms with Crippen molar-refractivity contribution >= 4 is 5.78 Å². The van der Waals surface area contributed by atoms with Crippen LogP contribution in [0.25, 0.3) is 0 Å². The highest BCUT2D eigenvalue weighted by Gasteiger charge is 1.85. The number of ketones is 1. The molecule has 0 heterocycles. The van der Waals surface area contributed by atoms with E-state index in [-0.39, 0.29) is 5.78 Å². The zero-order chi connectivity index (χ0) is 6.57. The number of rotatable bonds is 2. The second kappa shape index (κ2) is 3.38. The Morgan fingerprint density at radius 2 is 2.25 bits per heavy atom. The molecule has 46 valence electrons. The molecule has 1 atom stereocenters. The molecule has 0 aliphatic rings. The van der Waals surface area contributed by atoms with Crippen LogP contribution in [-0.4, -0.2) is 17.0 Å². The van der Waals surface area contributed by atoms with E-state index in [2.05, 4.69) is 0 Å². The lowest BCUT2D eigenvalue weighted by Crippen LogP contribution is -1.93. The van der Waals surface area contributed by atoms with Crippen molar-refractivity contribution in [3.05, 3.63) is 12.2 Å². The molecule has 0 rings (SSSR count).